The topological polar surface area (TPSA) is 163 Å². The molecule has 44 heavy (non-hydrogen) atoms. The Balaban J connectivity index is 1.23. The van der Waals surface area contributed by atoms with E-state index >= 15 is 0 Å². The first-order valence-corrected chi connectivity index (χ1v) is 15.1. The van der Waals surface area contributed by atoms with Crippen molar-refractivity contribution in [3.05, 3.63) is 59.9 Å². The molecule has 3 fully saturated rings. The van der Waals surface area contributed by atoms with Crippen LogP contribution in [0.5, 0.6) is 5.75 Å². The summed E-state index contributed by atoms with van der Waals surface area (Å²) in [7, 11) is 1.53. The van der Waals surface area contributed by atoms with Crippen molar-refractivity contribution in [2.45, 2.75) is 50.7 Å². The largest absolute Gasteiger partial charge is 0.494 e. The van der Waals surface area contributed by atoms with Crippen molar-refractivity contribution in [2.24, 2.45) is 17.8 Å². The number of nitrogens with one attached hydrogen (secondary N) is 4. The quantitative estimate of drug-likeness (QED) is 0.258. The van der Waals surface area contributed by atoms with E-state index in [1.165, 1.54) is 12.0 Å². The Labute approximate surface area is 254 Å². The summed E-state index contributed by atoms with van der Waals surface area (Å²) >= 11 is 0. The fourth-order valence-corrected chi connectivity index (χ4v) is 6.92. The molecule has 230 valence electrons. The third-order valence-electron chi connectivity index (χ3n) is 9.15. The molecule has 3 heterocycles. The Morgan fingerprint density at radius 2 is 1.89 bits per heavy atom. The van der Waals surface area contributed by atoms with Crippen LogP contribution < -0.4 is 20.7 Å². The normalized spacial score (nSPS) is 23.2. The predicted octanol–water partition coefficient (Wildman–Crippen LogP) is 1.71. The highest BCUT2D eigenvalue weighted by molar-refractivity contribution is 6.38. The second-order valence-electron chi connectivity index (χ2n) is 11.8. The fraction of sp³-hybridized carbons (Fsp3) is 0.438. The van der Waals surface area contributed by atoms with E-state index in [-0.39, 0.29) is 36.5 Å². The molecule has 1 aliphatic carbocycles. The Morgan fingerprint density at radius 1 is 1.07 bits per heavy atom. The van der Waals surface area contributed by atoms with E-state index in [9.17, 15) is 24.0 Å². The molecule has 0 spiro atoms. The van der Waals surface area contributed by atoms with Crippen molar-refractivity contribution in [3.8, 4) is 5.75 Å². The second-order valence-corrected chi connectivity index (χ2v) is 11.8. The van der Waals surface area contributed by atoms with Crippen LogP contribution in [0.3, 0.4) is 0 Å². The van der Waals surface area contributed by atoms with Gasteiger partial charge in [0.2, 0.25) is 17.6 Å². The molecule has 3 aromatic rings. The Bertz CT molecular complexity index is 1590. The number of fused-ring (bicyclic) bond motifs is 2. The SMILES string of the molecule is COc1cccc2[nH]c(C(=O)N3C[C@@H]4CCC[C@@H]4[C@H]3C(=O)N[C@@H](C[C@@H]3CCNC3=O)C(=O)C(=O)NCc3ccccc3)nc12. The number of carbonyl (C=O) groups excluding carboxylic acids is 5. The van der Waals surface area contributed by atoms with Gasteiger partial charge in [-0.25, -0.2) is 4.98 Å². The van der Waals surface area contributed by atoms with E-state index in [4.69, 9.17) is 4.74 Å². The number of H-pyrrole nitrogens is 1. The number of rotatable bonds is 10. The highest BCUT2D eigenvalue weighted by atomic mass is 16.5. The molecule has 0 bridgehead atoms. The van der Waals surface area contributed by atoms with Crippen molar-refractivity contribution >= 4 is 40.4 Å². The predicted molar refractivity (Wildman–Crippen MR) is 159 cm³/mol. The number of Topliss-reactive ketones (excluding diaryl/α,β-unsaturated/α-hetero) is 1. The van der Waals surface area contributed by atoms with Gasteiger partial charge in [0.1, 0.15) is 17.3 Å². The lowest BCUT2D eigenvalue weighted by atomic mass is 9.91. The molecule has 2 saturated heterocycles. The van der Waals surface area contributed by atoms with Crippen molar-refractivity contribution < 1.29 is 28.7 Å². The molecule has 4 N–H and O–H groups in total. The number of amides is 4. The van der Waals surface area contributed by atoms with E-state index in [1.54, 1.807) is 18.2 Å². The molecule has 4 amide bonds. The standard InChI is InChI=1S/C32H36N6O6/c1-44-24-12-6-11-22-25(24)37-28(35-22)32(43)38-17-20-9-5-10-21(20)26(38)30(41)36-23(15-19-13-14-33-29(19)40)27(39)31(42)34-16-18-7-3-2-4-8-18/h2-4,6-8,11-12,19-21,23,26H,5,9-10,13-17H2,1H3,(H,33,40)(H,34,42)(H,35,37)(H,36,41)/t19-,20-,21-,23-,26-/m0/s1. The molecule has 1 saturated carbocycles. The van der Waals surface area contributed by atoms with Gasteiger partial charge in [-0.1, -0.05) is 42.8 Å². The summed E-state index contributed by atoms with van der Waals surface area (Å²) in [5, 5.41) is 8.20. The van der Waals surface area contributed by atoms with Gasteiger partial charge in [-0.05, 0) is 55.2 Å². The third kappa shape index (κ3) is 5.76. The van der Waals surface area contributed by atoms with E-state index in [0.717, 1.165) is 24.8 Å². The zero-order valence-corrected chi connectivity index (χ0v) is 24.5. The second kappa shape index (κ2) is 12.5. The summed E-state index contributed by atoms with van der Waals surface area (Å²) in [6, 6.07) is 12.5. The summed E-state index contributed by atoms with van der Waals surface area (Å²) in [6.07, 6.45) is 3.08. The minimum Gasteiger partial charge on any atom is -0.494 e. The number of hydrogen-bond donors (Lipinski definition) is 4. The summed E-state index contributed by atoms with van der Waals surface area (Å²) in [4.78, 5) is 75.9. The molecule has 3 aliphatic rings. The Hall–Kier alpha value is -4.74. The summed E-state index contributed by atoms with van der Waals surface area (Å²) in [5.74, 6) is -2.65. The molecular formula is C32H36N6O6. The number of nitrogens with zero attached hydrogens (tertiary/aromatic N) is 2. The van der Waals surface area contributed by atoms with Crippen LogP contribution in [0.2, 0.25) is 0 Å². The maximum atomic E-state index is 14.0. The molecule has 0 radical (unpaired) electrons. The smallest absolute Gasteiger partial charge is 0.290 e. The number of methoxy groups -OCH3 is 1. The molecule has 6 rings (SSSR count). The number of aromatic nitrogens is 2. The number of carbonyl (C=O) groups is 5. The van der Waals surface area contributed by atoms with Gasteiger partial charge in [-0.2, -0.15) is 0 Å². The zero-order valence-electron chi connectivity index (χ0n) is 24.5. The van der Waals surface area contributed by atoms with E-state index in [2.05, 4.69) is 25.9 Å². The molecule has 12 nitrogen and oxygen atoms in total. The highest BCUT2D eigenvalue weighted by Gasteiger charge is 2.50. The van der Waals surface area contributed by atoms with Crippen LogP contribution in [-0.4, -0.2) is 76.6 Å². The monoisotopic (exact) mass is 600 g/mol. The van der Waals surface area contributed by atoms with Crippen molar-refractivity contribution in [1.29, 1.82) is 0 Å². The molecular weight excluding hydrogens is 564 g/mol. The van der Waals surface area contributed by atoms with E-state index in [1.807, 2.05) is 30.3 Å². The fourth-order valence-electron chi connectivity index (χ4n) is 6.92. The maximum absolute atomic E-state index is 14.0. The molecule has 2 aromatic carbocycles. The Morgan fingerprint density at radius 3 is 2.64 bits per heavy atom. The van der Waals surface area contributed by atoms with Crippen LogP contribution in [0.15, 0.2) is 48.5 Å². The van der Waals surface area contributed by atoms with Crippen LogP contribution in [0, 0.1) is 17.8 Å². The van der Waals surface area contributed by atoms with Gasteiger partial charge in [0.15, 0.2) is 5.82 Å². The van der Waals surface area contributed by atoms with E-state index in [0.29, 0.717) is 36.3 Å². The highest BCUT2D eigenvalue weighted by Crippen LogP contribution is 2.43. The van der Waals surface area contributed by atoms with Crippen LogP contribution >= 0.6 is 0 Å². The lowest BCUT2D eigenvalue weighted by Crippen LogP contribution is -2.55. The van der Waals surface area contributed by atoms with Gasteiger partial charge in [-0.3, -0.25) is 24.0 Å². The number of para-hydroxylation sites is 1. The number of likely N-dealkylation sites (tertiary alicyclic amines) is 1. The third-order valence-corrected chi connectivity index (χ3v) is 9.15. The number of benzene rings is 2. The van der Waals surface area contributed by atoms with Gasteiger partial charge in [0, 0.05) is 25.6 Å². The van der Waals surface area contributed by atoms with Gasteiger partial charge in [0.25, 0.3) is 11.8 Å². The first-order chi connectivity index (χ1) is 21.3. The minimum absolute atomic E-state index is 0.00665. The van der Waals surface area contributed by atoms with E-state index < -0.39 is 41.5 Å². The van der Waals surface area contributed by atoms with Crippen molar-refractivity contribution in [2.75, 3.05) is 20.2 Å². The molecule has 1 aromatic heterocycles. The number of ketones is 1. The van der Waals surface area contributed by atoms with Gasteiger partial charge in [-0.15, -0.1) is 0 Å². The lowest BCUT2D eigenvalue weighted by molar-refractivity contribution is -0.141. The molecule has 12 heteroatoms. The molecule has 5 atom stereocenters. The Kier molecular flexibility index (Phi) is 8.32. The number of imidazole rings is 1. The first kappa shape index (κ1) is 29.3. The summed E-state index contributed by atoms with van der Waals surface area (Å²) in [5.41, 5.74) is 1.97. The van der Waals surface area contributed by atoms with Crippen LogP contribution in [0.25, 0.3) is 11.0 Å². The molecule has 2 aliphatic heterocycles. The first-order valence-electron chi connectivity index (χ1n) is 15.1. The van der Waals surface area contributed by atoms with Gasteiger partial charge >= 0.3 is 0 Å². The number of hydrogen-bond acceptors (Lipinski definition) is 7. The zero-order chi connectivity index (χ0) is 30.8. The van der Waals surface area contributed by atoms with Crippen molar-refractivity contribution in [1.82, 2.24) is 30.8 Å². The average molecular weight is 601 g/mol. The van der Waals surface area contributed by atoms with Gasteiger partial charge < -0.3 is 30.6 Å². The average Bonchev–Trinajstić information content (AvgIpc) is 3.83. The lowest BCUT2D eigenvalue weighted by Gasteiger charge is -2.28. The van der Waals surface area contributed by atoms with Crippen LogP contribution in [-0.2, 0) is 25.7 Å². The number of aromatic amines is 1. The summed E-state index contributed by atoms with van der Waals surface area (Å²) in [6.45, 7) is 0.999. The van der Waals surface area contributed by atoms with Crippen LogP contribution in [0.1, 0.15) is 48.3 Å². The molecule has 0 unspecified atom stereocenters. The number of ether oxygens (including phenoxy) is 1. The van der Waals surface area contributed by atoms with Crippen molar-refractivity contribution in [3.63, 3.8) is 0 Å². The van der Waals surface area contributed by atoms with Gasteiger partial charge in [0.05, 0.1) is 18.7 Å². The minimum atomic E-state index is -1.22. The maximum Gasteiger partial charge on any atom is 0.290 e. The van der Waals surface area contributed by atoms with Crippen LogP contribution in [0.4, 0.5) is 0 Å². The summed E-state index contributed by atoms with van der Waals surface area (Å²) < 4.78 is 5.39.